The number of benzene rings is 3. The number of fused-ring (bicyclic) bond motifs is 1. The third-order valence-corrected chi connectivity index (χ3v) is 5.11. The fourth-order valence-corrected chi connectivity index (χ4v) is 3.54. The van der Waals surface area contributed by atoms with Gasteiger partial charge in [0.2, 0.25) is 0 Å². The van der Waals surface area contributed by atoms with Gasteiger partial charge >= 0.3 is 0 Å². The summed E-state index contributed by atoms with van der Waals surface area (Å²) in [6.45, 7) is 2.59. The van der Waals surface area contributed by atoms with Crippen LogP contribution in [0, 0.1) is 0 Å². The van der Waals surface area contributed by atoms with Gasteiger partial charge in [-0.3, -0.25) is 4.79 Å². The molecule has 3 aromatic carbocycles. The van der Waals surface area contributed by atoms with Crippen molar-refractivity contribution < 1.29 is 9.53 Å². The molecule has 0 aliphatic heterocycles. The zero-order valence-electron chi connectivity index (χ0n) is 14.9. The smallest absolute Gasteiger partial charge is 0.261 e. The third-order valence-electron chi connectivity index (χ3n) is 4.10. The summed E-state index contributed by atoms with van der Waals surface area (Å²) in [6.07, 6.45) is 0.142. The van der Waals surface area contributed by atoms with Crippen LogP contribution >= 0.6 is 11.8 Å². The number of thioether (sulfide) groups is 1. The number of ether oxygens (including phenoxy) is 1. The third kappa shape index (κ3) is 4.79. The monoisotopic (exact) mass is 365 g/mol. The van der Waals surface area contributed by atoms with Gasteiger partial charge in [-0.2, -0.15) is 0 Å². The van der Waals surface area contributed by atoms with Gasteiger partial charge in [-0.1, -0.05) is 61.5 Å². The van der Waals surface area contributed by atoms with Gasteiger partial charge in [-0.05, 0) is 30.0 Å². The summed E-state index contributed by atoms with van der Waals surface area (Å²) >= 11 is 1.73. The maximum Gasteiger partial charge on any atom is 0.261 e. The van der Waals surface area contributed by atoms with Crippen LogP contribution in [0.5, 0.6) is 5.75 Å². The highest BCUT2D eigenvalue weighted by molar-refractivity contribution is 7.99. The molecule has 0 heterocycles. The Balaban J connectivity index is 1.55. The largest absolute Gasteiger partial charge is 0.480 e. The van der Waals surface area contributed by atoms with Crippen molar-refractivity contribution in [1.29, 1.82) is 0 Å². The van der Waals surface area contributed by atoms with Gasteiger partial charge in [0.05, 0.1) is 0 Å². The van der Waals surface area contributed by atoms with Crippen molar-refractivity contribution in [3.05, 3.63) is 72.8 Å². The van der Waals surface area contributed by atoms with Crippen molar-refractivity contribution in [2.45, 2.75) is 24.3 Å². The molecule has 0 radical (unpaired) electrons. The van der Waals surface area contributed by atoms with Crippen LogP contribution in [-0.4, -0.2) is 24.3 Å². The molecule has 1 amide bonds. The molecular weight excluding hydrogens is 342 g/mol. The van der Waals surface area contributed by atoms with Crippen molar-refractivity contribution in [3.8, 4) is 5.75 Å². The predicted molar refractivity (Wildman–Crippen MR) is 109 cm³/mol. The van der Waals surface area contributed by atoms with Crippen LogP contribution in [0.4, 0.5) is 0 Å². The second kappa shape index (κ2) is 9.30. The highest BCUT2D eigenvalue weighted by atomic mass is 32.2. The molecule has 0 fully saturated rings. The lowest BCUT2D eigenvalue weighted by Crippen LogP contribution is -2.39. The van der Waals surface area contributed by atoms with E-state index in [2.05, 4.69) is 17.4 Å². The lowest BCUT2D eigenvalue weighted by atomic mass is 10.1. The molecular formula is C22H23NO2S. The average molecular weight is 365 g/mol. The quantitative estimate of drug-likeness (QED) is 0.455. The number of amides is 1. The zero-order valence-corrected chi connectivity index (χ0v) is 15.7. The van der Waals surface area contributed by atoms with E-state index >= 15 is 0 Å². The van der Waals surface area contributed by atoms with Crippen molar-refractivity contribution in [3.63, 3.8) is 0 Å². The van der Waals surface area contributed by atoms with Gasteiger partial charge in [-0.15, -0.1) is 11.8 Å². The van der Waals surface area contributed by atoms with Crippen molar-refractivity contribution >= 4 is 28.4 Å². The minimum absolute atomic E-state index is 0.0610. The molecule has 1 N–H and O–H groups in total. The Labute approximate surface area is 158 Å². The first-order valence-corrected chi connectivity index (χ1v) is 9.86. The second-order valence-corrected chi connectivity index (χ2v) is 7.11. The molecule has 134 valence electrons. The summed E-state index contributed by atoms with van der Waals surface area (Å²) in [5.74, 6) is 1.53. The highest BCUT2D eigenvalue weighted by Crippen LogP contribution is 2.26. The van der Waals surface area contributed by atoms with Crippen molar-refractivity contribution in [2.75, 3.05) is 12.3 Å². The van der Waals surface area contributed by atoms with E-state index in [0.29, 0.717) is 13.0 Å². The Bertz CT molecular complexity index is 846. The Morgan fingerprint density at radius 3 is 2.54 bits per heavy atom. The van der Waals surface area contributed by atoms with Gasteiger partial charge in [0.1, 0.15) is 5.75 Å². The molecule has 3 aromatic rings. The Morgan fingerprint density at radius 2 is 1.73 bits per heavy atom. The first-order chi connectivity index (χ1) is 12.8. The first-order valence-electron chi connectivity index (χ1n) is 8.88. The molecule has 26 heavy (non-hydrogen) atoms. The standard InChI is InChI=1S/C22H23NO2S/c1-2-20(22(24)23-15-16-26-18-11-4-3-5-12-18)25-21-14-8-10-17-9-6-7-13-19(17)21/h3-14,20H,2,15-16H2,1H3,(H,23,24)/t20-/m0/s1. The molecule has 3 nitrogen and oxygen atoms in total. The topological polar surface area (TPSA) is 38.3 Å². The van der Waals surface area contributed by atoms with Crippen LogP contribution in [-0.2, 0) is 4.79 Å². The minimum atomic E-state index is -0.484. The first kappa shape index (κ1) is 18.3. The SMILES string of the molecule is CC[C@H](Oc1cccc2ccccc12)C(=O)NCCSc1ccccc1. The summed E-state index contributed by atoms with van der Waals surface area (Å²) in [5.41, 5.74) is 0. The summed E-state index contributed by atoms with van der Waals surface area (Å²) in [7, 11) is 0. The van der Waals surface area contributed by atoms with Crippen LogP contribution in [0.15, 0.2) is 77.7 Å². The van der Waals surface area contributed by atoms with Crippen LogP contribution in [0.3, 0.4) is 0 Å². The van der Waals surface area contributed by atoms with E-state index in [9.17, 15) is 4.79 Å². The Morgan fingerprint density at radius 1 is 1.00 bits per heavy atom. The molecule has 1 atom stereocenters. The van der Waals surface area contributed by atoms with E-state index < -0.39 is 6.10 Å². The fraction of sp³-hybridized carbons (Fsp3) is 0.227. The summed E-state index contributed by atoms with van der Waals surface area (Å²) < 4.78 is 6.04. The molecule has 0 saturated carbocycles. The van der Waals surface area contributed by atoms with Gasteiger partial charge in [0.25, 0.3) is 5.91 Å². The lowest BCUT2D eigenvalue weighted by Gasteiger charge is -2.18. The highest BCUT2D eigenvalue weighted by Gasteiger charge is 2.18. The lowest BCUT2D eigenvalue weighted by molar-refractivity contribution is -0.127. The number of carbonyl (C=O) groups is 1. The van der Waals surface area contributed by atoms with Gasteiger partial charge < -0.3 is 10.1 Å². The Kier molecular flexibility index (Phi) is 6.56. The van der Waals surface area contributed by atoms with Gasteiger partial charge in [-0.25, -0.2) is 0 Å². The van der Waals surface area contributed by atoms with Crippen molar-refractivity contribution in [1.82, 2.24) is 5.32 Å². The molecule has 4 heteroatoms. The number of carbonyl (C=O) groups excluding carboxylic acids is 1. The molecule has 0 bridgehead atoms. The number of hydrogen-bond donors (Lipinski definition) is 1. The van der Waals surface area contributed by atoms with Crippen molar-refractivity contribution in [2.24, 2.45) is 0 Å². The maximum absolute atomic E-state index is 12.5. The summed E-state index contributed by atoms with van der Waals surface area (Å²) in [4.78, 5) is 13.7. The average Bonchev–Trinajstić information content (AvgIpc) is 2.70. The van der Waals surface area contributed by atoms with E-state index in [1.165, 1.54) is 4.90 Å². The zero-order chi connectivity index (χ0) is 18.2. The van der Waals surface area contributed by atoms with Crippen LogP contribution in [0.2, 0.25) is 0 Å². The van der Waals surface area contributed by atoms with E-state index in [1.54, 1.807) is 11.8 Å². The summed E-state index contributed by atoms with van der Waals surface area (Å²) in [5, 5.41) is 5.13. The normalized spacial score (nSPS) is 11.9. The van der Waals surface area contributed by atoms with E-state index in [4.69, 9.17) is 4.74 Å². The number of rotatable bonds is 8. The van der Waals surface area contributed by atoms with E-state index in [1.807, 2.05) is 67.6 Å². The van der Waals surface area contributed by atoms with E-state index in [0.717, 1.165) is 22.3 Å². The minimum Gasteiger partial charge on any atom is -0.480 e. The predicted octanol–water partition coefficient (Wildman–Crippen LogP) is 4.91. The molecule has 0 aliphatic rings. The van der Waals surface area contributed by atoms with Gasteiger partial charge in [0, 0.05) is 22.6 Å². The van der Waals surface area contributed by atoms with Crippen LogP contribution in [0.1, 0.15) is 13.3 Å². The van der Waals surface area contributed by atoms with Gasteiger partial charge in [0.15, 0.2) is 6.10 Å². The van der Waals surface area contributed by atoms with E-state index in [-0.39, 0.29) is 5.91 Å². The fourth-order valence-electron chi connectivity index (χ4n) is 2.75. The maximum atomic E-state index is 12.5. The molecule has 0 saturated heterocycles. The second-order valence-electron chi connectivity index (χ2n) is 5.94. The molecule has 0 aliphatic carbocycles. The molecule has 3 rings (SSSR count). The molecule has 0 aromatic heterocycles. The molecule has 0 spiro atoms. The Hall–Kier alpha value is -2.46. The molecule has 0 unspecified atom stereocenters. The number of hydrogen-bond acceptors (Lipinski definition) is 3. The van der Waals surface area contributed by atoms with Crippen LogP contribution in [0.25, 0.3) is 10.8 Å². The summed E-state index contributed by atoms with van der Waals surface area (Å²) in [6, 6.07) is 24.2. The number of nitrogens with one attached hydrogen (secondary N) is 1. The van der Waals surface area contributed by atoms with Crippen LogP contribution < -0.4 is 10.1 Å².